The van der Waals surface area contributed by atoms with Crippen molar-refractivity contribution in [2.45, 2.75) is 10.3 Å². The first kappa shape index (κ1) is 13.5. The second-order valence-electron chi connectivity index (χ2n) is 3.95. The van der Waals surface area contributed by atoms with Crippen LogP contribution in [0.2, 0.25) is 0 Å². The van der Waals surface area contributed by atoms with Crippen LogP contribution in [0.3, 0.4) is 0 Å². The number of hydrogen-bond donors (Lipinski definition) is 1. The maximum absolute atomic E-state index is 12.3. The first-order valence-corrected chi connectivity index (χ1v) is 7.82. The summed E-state index contributed by atoms with van der Waals surface area (Å²) in [7, 11) is -2.16. The minimum absolute atomic E-state index is 0.160. The Labute approximate surface area is 110 Å². The number of nitrogens with two attached hydrogens (primary N) is 1. The van der Waals surface area contributed by atoms with Crippen LogP contribution in [0.15, 0.2) is 21.7 Å². The van der Waals surface area contributed by atoms with E-state index < -0.39 is 16.1 Å². The molecule has 0 bridgehead atoms. The van der Waals surface area contributed by atoms with E-state index in [4.69, 9.17) is 0 Å². The highest BCUT2D eigenvalue weighted by molar-refractivity contribution is 7.91. The van der Waals surface area contributed by atoms with Gasteiger partial charge in [0.1, 0.15) is 4.21 Å². The van der Waals surface area contributed by atoms with Crippen LogP contribution >= 0.6 is 11.3 Å². The van der Waals surface area contributed by atoms with Crippen LogP contribution < -0.4 is 5.32 Å². The summed E-state index contributed by atoms with van der Waals surface area (Å²) in [5, 5.41) is 3.53. The molecule has 0 radical (unpaired) electrons. The predicted molar refractivity (Wildman–Crippen MR) is 65.7 cm³/mol. The maximum atomic E-state index is 12.3. The van der Waals surface area contributed by atoms with Crippen molar-refractivity contribution in [3.05, 3.63) is 17.5 Å². The lowest BCUT2D eigenvalue weighted by Crippen LogP contribution is -2.97. The lowest BCUT2D eigenvalue weighted by Gasteiger charge is -2.28. The van der Waals surface area contributed by atoms with Gasteiger partial charge in [-0.05, 0) is 11.4 Å². The van der Waals surface area contributed by atoms with Gasteiger partial charge in [-0.25, -0.2) is 13.2 Å². The molecule has 1 atom stereocenters. The second kappa shape index (κ2) is 5.35. The number of quaternary nitrogens is 1. The van der Waals surface area contributed by atoms with Crippen molar-refractivity contribution in [2.75, 3.05) is 26.7 Å². The fraction of sp³-hybridized carbons (Fsp3) is 0.500. The van der Waals surface area contributed by atoms with Crippen molar-refractivity contribution in [2.24, 2.45) is 0 Å². The van der Waals surface area contributed by atoms with Gasteiger partial charge in [-0.3, -0.25) is 0 Å². The van der Waals surface area contributed by atoms with E-state index in [-0.39, 0.29) is 12.5 Å². The Morgan fingerprint density at radius 1 is 1.61 bits per heavy atom. The maximum Gasteiger partial charge on any atom is 0.365 e. The molecule has 2 rings (SSSR count). The Balaban J connectivity index is 2.17. The summed E-state index contributed by atoms with van der Waals surface area (Å²) in [6, 6.07) is 2.80. The predicted octanol–water partition coefficient (Wildman–Crippen LogP) is -1.14. The van der Waals surface area contributed by atoms with Crippen LogP contribution in [0.4, 0.5) is 0 Å². The molecular formula is C10H15N2O4S2+. The van der Waals surface area contributed by atoms with Gasteiger partial charge < -0.3 is 10.1 Å². The van der Waals surface area contributed by atoms with E-state index in [0.29, 0.717) is 17.3 Å². The van der Waals surface area contributed by atoms with Crippen molar-refractivity contribution >= 4 is 27.3 Å². The van der Waals surface area contributed by atoms with Crippen molar-refractivity contribution in [1.82, 2.24) is 4.31 Å². The largest absolute Gasteiger partial charge is 0.465 e. The van der Waals surface area contributed by atoms with Crippen molar-refractivity contribution < 1.29 is 23.3 Å². The van der Waals surface area contributed by atoms with E-state index in [9.17, 15) is 13.2 Å². The third-order valence-electron chi connectivity index (χ3n) is 2.82. The van der Waals surface area contributed by atoms with Crippen molar-refractivity contribution in [3.8, 4) is 0 Å². The molecule has 0 unspecified atom stereocenters. The monoisotopic (exact) mass is 291 g/mol. The molecule has 6 nitrogen and oxygen atoms in total. The molecule has 100 valence electrons. The molecule has 0 amide bonds. The molecule has 1 aromatic heterocycles. The highest BCUT2D eigenvalue weighted by atomic mass is 32.2. The first-order chi connectivity index (χ1) is 8.55. The molecule has 0 aromatic carbocycles. The highest BCUT2D eigenvalue weighted by Gasteiger charge is 2.36. The van der Waals surface area contributed by atoms with Gasteiger partial charge in [0.05, 0.1) is 26.7 Å². The average molecular weight is 291 g/mol. The zero-order valence-corrected chi connectivity index (χ0v) is 11.5. The SMILES string of the molecule is COC(=O)[C@@H]1CN(S(=O)(=O)c2cccs2)CC[NH2+]1. The smallest absolute Gasteiger partial charge is 0.365 e. The van der Waals surface area contributed by atoms with Crippen LogP contribution in [0, 0.1) is 0 Å². The van der Waals surface area contributed by atoms with Crippen LogP contribution in [0.25, 0.3) is 0 Å². The van der Waals surface area contributed by atoms with Gasteiger partial charge in [0.15, 0.2) is 6.04 Å². The molecule has 1 aliphatic rings. The van der Waals surface area contributed by atoms with E-state index in [1.165, 1.54) is 22.8 Å². The molecule has 0 saturated carbocycles. The van der Waals surface area contributed by atoms with E-state index >= 15 is 0 Å². The summed E-state index contributed by atoms with van der Waals surface area (Å²) >= 11 is 1.18. The van der Waals surface area contributed by atoms with Crippen LogP contribution in [0.5, 0.6) is 0 Å². The minimum atomic E-state index is -3.47. The summed E-state index contributed by atoms with van der Waals surface area (Å²) < 4.78 is 30.9. The van der Waals surface area contributed by atoms with Gasteiger partial charge in [0.25, 0.3) is 10.0 Å². The second-order valence-corrected chi connectivity index (χ2v) is 7.06. The Morgan fingerprint density at radius 2 is 2.39 bits per heavy atom. The van der Waals surface area contributed by atoms with E-state index in [2.05, 4.69) is 4.74 Å². The summed E-state index contributed by atoms with van der Waals surface area (Å²) in [6.07, 6.45) is 0. The standard InChI is InChI=1S/C10H14N2O4S2/c1-16-10(13)8-7-12(5-4-11-8)18(14,15)9-3-2-6-17-9/h2-3,6,8,11H,4-5,7H2,1H3/p+1/t8-/m0/s1. The summed E-state index contributed by atoms with van der Waals surface area (Å²) in [4.78, 5) is 11.5. The van der Waals surface area contributed by atoms with E-state index in [0.717, 1.165) is 0 Å². The fourth-order valence-electron chi connectivity index (χ4n) is 1.88. The number of ether oxygens (including phenoxy) is 1. The quantitative estimate of drug-likeness (QED) is 0.714. The van der Waals surface area contributed by atoms with Gasteiger partial charge >= 0.3 is 5.97 Å². The molecule has 0 spiro atoms. The average Bonchev–Trinajstić information content (AvgIpc) is 2.92. The molecule has 8 heteroatoms. The molecular weight excluding hydrogens is 276 g/mol. The number of carbonyl (C=O) groups is 1. The molecule has 1 fully saturated rings. The Bertz CT molecular complexity index is 512. The number of carbonyl (C=O) groups excluding carboxylic acids is 1. The Morgan fingerprint density at radius 3 is 3.00 bits per heavy atom. The molecule has 18 heavy (non-hydrogen) atoms. The van der Waals surface area contributed by atoms with Crippen molar-refractivity contribution in [1.29, 1.82) is 0 Å². The molecule has 1 aromatic rings. The minimum Gasteiger partial charge on any atom is -0.465 e. The summed E-state index contributed by atoms with van der Waals surface area (Å²) in [5.74, 6) is -0.388. The van der Waals surface area contributed by atoms with E-state index in [1.54, 1.807) is 17.5 Å². The number of methoxy groups -OCH3 is 1. The van der Waals surface area contributed by atoms with E-state index in [1.807, 2.05) is 5.32 Å². The van der Waals surface area contributed by atoms with Crippen LogP contribution in [0.1, 0.15) is 0 Å². The van der Waals surface area contributed by atoms with Gasteiger partial charge in [-0.15, -0.1) is 11.3 Å². The number of esters is 1. The fourth-order valence-corrected chi connectivity index (χ4v) is 4.51. The lowest BCUT2D eigenvalue weighted by molar-refractivity contribution is -0.684. The number of thiophene rings is 1. The van der Waals surface area contributed by atoms with Crippen LogP contribution in [-0.4, -0.2) is 51.5 Å². The summed E-state index contributed by atoms with van der Waals surface area (Å²) in [5.41, 5.74) is 0. The number of sulfonamides is 1. The molecule has 1 aliphatic heterocycles. The van der Waals surface area contributed by atoms with Gasteiger partial charge in [0.2, 0.25) is 0 Å². The Kier molecular flexibility index (Phi) is 4.00. The third-order valence-corrected chi connectivity index (χ3v) is 6.06. The highest BCUT2D eigenvalue weighted by Crippen LogP contribution is 2.21. The number of nitrogens with zero attached hydrogens (tertiary/aromatic N) is 1. The van der Waals surface area contributed by atoms with Crippen molar-refractivity contribution in [3.63, 3.8) is 0 Å². The molecule has 1 saturated heterocycles. The number of rotatable bonds is 3. The third kappa shape index (κ3) is 2.56. The molecule has 2 heterocycles. The molecule has 0 aliphatic carbocycles. The number of piperazine rings is 1. The lowest BCUT2D eigenvalue weighted by atomic mass is 10.2. The van der Waals surface area contributed by atoms with Gasteiger partial charge in [-0.2, -0.15) is 4.31 Å². The first-order valence-electron chi connectivity index (χ1n) is 5.50. The number of hydrogen-bond acceptors (Lipinski definition) is 5. The topological polar surface area (TPSA) is 80.3 Å². The zero-order chi connectivity index (χ0) is 13.2. The van der Waals surface area contributed by atoms with Gasteiger partial charge in [-0.1, -0.05) is 6.07 Å². The Hall–Kier alpha value is -0.960. The van der Waals surface area contributed by atoms with Crippen LogP contribution in [-0.2, 0) is 19.6 Å². The molecule has 2 N–H and O–H groups in total. The summed E-state index contributed by atoms with van der Waals surface area (Å²) in [6.45, 7) is 1.13. The normalized spacial score (nSPS) is 21.7. The van der Waals surface area contributed by atoms with Gasteiger partial charge in [0, 0.05) is 0 Å². The zero-order valence-electron chi connectivity index (χ0n) is 9.90.